The van der Waals surface area contributed by atoms with Gasteiger partial charge in [-0.15, -0.1) is 11.3 Å². The minimum Gasteiger partial charge on any atom is -0.350 e. The van der Waals surface area contributed by atoms with Crippen molar-refractivity contribution in [1.29, 1.82) is 0 Å². The molecule has 0 bridgehead atoms. The molecule has 2 N–H and O–H groups in total. The zero-order chi connectivity index (χ0) is 9.97. The van der Waals surface area contributed by atoms with Crippen LogP contribution >= 0.6 is 11.3 Å². The number of carbonyl (C=O) groups excluding carboxylic acids is 2. The van der Waals surface area contributed by atoms with E-state index in [1.165, 1.54) is 11.3 Å². The molecular weight excluding hydrogens is 202 g/mol. The third kappa shape index (κ3) is 1.90. The molecule has 1 unspecified atom stereocenters. The van der Waals surface area contributed by atoms with Crippen molar-refractivity contribution in [3.05, 3.63) is 11.6 Å². The number of amides is 2. The molecule has 1 aliphatic heterocycles. The molecule has 1 aliphatic rings. The van der Waals surface area contributed by atoms with E-state index in [1.807, 2.05) is 5.38 Å². The van der Waals surface area contributed by atoms with Gasteiger partial charge in [-0.2, -0.15) is 0 Å². The van der Waals surface area contributed by atoms with Crippen molar-refractivity contribution < 1.29 is 9.59 Å². The Morgan fingerprint density at radius 3 is 3.07 bits per heavy atom. The number of anilines is 1. The lowest BCUT2D eigenvalue weighted by Gasteiger charge is -2.21. The number of piperidine rings is 1. The van der Waals surface area contributed by atoms with Gasteiger partial charge in [0, 0.05) is 18.0 Å². The fraction of sp³-hybridized carbons (Fsp3) is 0.375. The van der Waals surface area contributed by atoms with E-state index >= 15 is 0 Å². The molecule has 0 saturated carbocycles. The third-order valence-corrected chi connectivity index (χ3v) is 2.67. The van der Waals surface area contributed by atoms with E-state index < -0.39 is 0 Å². The van der Waals surface area contributed by atoms with Gasteiger partial charge in [0.25, 0.3) is 0 Å². The largest absolute Gasteiger partial charge is 0.350 e. The van der Waals surface area contributed by atoms with Crippen LogP contribution in [0.3, 0.4) is 0 Å². The summed E-state index contributed by atoms with van der Waals surface area (Å²) in [4.78, 5) is 26.2. The van der Waals surface area contributed by atoms with Crippen LogP contribution < -0.4 is 10.6 Å². The lowest BCUT2D eigenvalue weighted by Crippen LogP contribution is -2.47. The number of imide groups is 1. The van der Waals surface area contributed by atoms with Crippen LogP contribution in [0.1, 0.15) is 12.8 Å². The first kappa shape index (κ1) is 9.14. The lowest BCUT2D eigenvalue weighted by molar-refractivity contribution is -0.133. The normalized spacial score (nSPS) is 21.9. The fourth-order valence-electron chi connectivity index (χ4n) is 1.28. The predicted octanol–water partition coefficient (Wildman–Crippen LogP) is 0.360. The minimum atomic E-state index is -0.334. The topological polar surface area (TPSA) is 71.1 Å². The molecule has 1 saturated heterocycles. The molecule has 2 amide bonds. The molecule has 0 aliphatic carbocycles. The van der Waals surface area contributed by atoms with E-state index in [1.54, 1.807) is 6.20 Å². The minimum absolute atomic E-state index is 0.202. The molecule has 0 spiro atoms. The molecule has 74 valence electrons. The Balaban J connectivity index is 1.99. The lowest BCUT2D eigenvalue weighted by atomic mass is 10.1. The molecule has 5 nitrogen and oxygen atoms in total. The second-order valence-corrected chi connectivity index (χ2v) is 3.88. The highest BCUT2D eigenvalue weighted by atomic mass is 32.1. The Bertz CT molecular complexity index is 349. The van der Waals surface area contributed by atoms with Crippen molar-refractivity contribution in [3.8, 4) is 0 Å². The van der Waals surface area contributed by atoms with Crippen LogP contribution in [-0.2, 0) is 9.59 Å². The summed E-state index contributed by atoms with van der Waals surface area (Å²) in [6.45, 7) is 0. The van der Waals surface area contributed by atoms with E-state index in [4.69, 9.17) is 0 Å². The summed E-state index contributed by atoms with van der Waals surface area (Å²) in [6, 6.07) is -0.334. The van der Waals surface area contributed by atoms with Gasteiger partial charge in [-0.1, -0.05) is 0 Å². The van der Waals surface area contributed by atoms with Crippen LogP contribution in [0.15, 0.2) is 11.6 Å². The number of thiazole rings is 1. The smallest absolute Gasteiger partial charge is 0.249 e. The van der Waals surface area contributed by atoms with Gasteiger partial charge in [0.1, 0.15) is 6.04 Å². The summed E-state index contributed by atoms with van der Waals surface area (Å²) >= 11 is 1.43. The maximum atomic E-state index is 11.3. The van der Waals surface area contributed by atoms with Crippen molar-refractivity contribution >= 4 is 28.3 Å². The molecule has 1 atom stereocenters. The third-order valence-electron chi connectivity index (χ3n) is 1.97. The quantitative estimate of drug-likeness (QED) is 0.693. The van der Waals surface area contributed by atoms with Gasteiger partial charge in [0.15, 0.2) is 5.13 Å². The van der Waals surface area contributed by atoms with Gasteiger partial charge < -0.3 is 5.32 Å². The van der Waals surface area contributed by atoms with Crippen LogP contribution in [0.5, 0.6) is 0 Å². The van der Waals surface area contributed by atoms with Crippen molar-refractivity contribution in [2.45, 2.75) is 18.9 Å². The summed E-state index contributed by atoms with van der Waals surface area (Å²) in [7, 11) is 0. The predicted molar refractivity (Wildman–Crippen MR) is 51.9 cm³/mol. The molecule has 1 aromatic heterocycles. The monoisotopic (exact) mass is 211 g/mol. The number of rotatable bonds is 2. The number of nitrogens with zero attached hydrogens (tertiary/aromatic N) is 1. The second-order valence-electron chi connectivity index (χ2n) is 2.99. The van der Waals surface area contributed by atoms with Gasteiger partial charge in [-0.3, -0.25) is 14.9 Å². The van der Waals surface area contributed by atoms with Crippen molar-refractivity contribution in [1.82, 2.24) is 10.3 Å². The Kier molecular flexibility index (Phi) is 2.45. The van der Waals surface area contributed by atoms with Crippen molar-refractivity contribution in [3.63, 3.8) is 0 Å². The Labute approximate surface area is 84.5 Å². The molecule has 1 aromatic rings. The second kappa shape index (κ2) is 3.75. The van der Waals surface area contributed by atoms with E-state index in [9.17, 15) is 9.59 Å². The summed E-state index contributed by atoms with van der Waals surface area (Å²) in [5, 5.41) is 7.79. The van der Waals surface area contributed by atoms with Gasteiger partial charge in [0.2, 0.25) is 11.8 Å². The molecule has 0 aromatic carbocycles. The van der Waals surface area contributed by atoms with Crippen molar-refractivity contribution in [2.24, 2.45) is 0 Å². The first-order chi connectivity index (χ1) is 6.75. The number of hydrogen-bond acceptors (Lipinski definition) is 5. The fourth-order valence-corrected chi connectivity index (χ4v) is 1.86. The summed E-state index contributed by atoms with van der Waals surface area (Å²) < 4.78 is 0. The van der Waals surface area contributed by atoms with Gasteiger partial charge in [-0.05, 0) is 6.42 Å². The molecule has 2 heterocycles. The summed E-state index contributed by atoms with van der Waals surface area (Å²) in [5.41, 5.74) is 0. The van der Waals surface area contributed by atoms with Gasteiger partial charge >= 0.3 is 0 Å². The average molecular weight is 211 g/mol. The highest BCUT2D eigenvalue weighted by Crippen LogP contribution is 2.15. The molecular formula is C8H9N3O2S. The average Bonchev–Trinajstić information content (AvgIpc) is 2.62. The summed E-state index contributed by atoms with van der Waals surface area (Å²) in [6.07, 6.45) is 2.58. The zero-order valence-electron chi connectivity index (χ0n) is 7.32. The summed E-state index contributed by atoms with van der Waals surface area (Å²) in [5.74, 6) is -0.469. The number of aromatic nitrogens is 1. The van der Waals surface area contributed by atoms with Crippen LogP contribution in [0.2, 0.25) is 0 Å². The molecule has 14 heavy (non-hydrogen) atoms. The molecule has 0 radical (unpaired) electrons. The van der Waals surface area contributed by atoms with Crippen molar-refractivity contribution in [2.75, 3.05) is 5.32 Å². The van der Waals surface area contributed by atoms with Crippen LogP contribution in [-0.4, -0.2) is 22.8 Å². The van der Waals surface area contributed by atoms with Gasteiger partial charge in [-0.25, -0.2) is 4.98 Å². The van der Waals surface area contributed by atoms with E-state index in [0.29, 0.717) is 18.0 Å². The van der Waals surface area contributed by atoms with E-state index in [0.717, 1.165) is 0 Å². The molecule has 6 heteroatoms. The number of hydrogen-bond donors (Lipinski definition) is 2. The van der Waals surface area contributed by atoms with Crippen LogP contribution in [0.25, 0.3) is 0 Å². The maximum absolute atomic E-state index is 11.3. The molecule has 2 rings (SSSR count). The Morgan fingerprint density at radius 2 is 2.43 bits per heavy atom. The van der Waals surface area contributed by atoms with Crippen LogP contribution in [0, 0.1) is 0 Å². The number of nitrogens with one attached hydrogen (secondary N) is 2. The van der Waals surface area contributed by atoms with Gasteiger partial charge in [0.05, 0.1) is 0 Å². The molecule has 1 fully saturated rings. The van der Waals surface area contributed by atoms with E-state index in [-0.39, 0.29) is 17.9 Å². The first-order valence-corrected chi connectivity index (χ1v) is 5.13. The number of carbonyl (C=O) groups is 2. The maximum Gasteiger partial charge on any atom is 0.249 e. The zero-order valence-corrected chi connectivity index (χ0v) is 8.13. The highest BCUT2D eigenvalue weighted by Gasteiger charge is 2.26. The Morgan fingerprint density at radius 1 is 1.57 bits per heavy atom. The van der Waals surface area contributed by atoms with E-state index in [2.05, 4.69) is 15.6 Å². The first-order valence-electron chi connectivity index (χ1n) is 4.25. The highest BCUT2D eigenvalue weighted by molar-refractivity contribution is 7.13. The van der Waals surface area contributed by atoms with Crippen LogP contribution in [0.4, 0.5) is 5.13 Å². The standard InChI is InChI=1S/C8H9N3O2S/c12-6-2-1-5(7(13)11-6)10-8-9-3-4-14-8/h3-5H,1-2H2,(H,9,10)(H,11,12,13). The Hall–Kier alpha value is -1.43. The SMILES string of the molecule is O=C1CCC(Nc2nccs2)C(=O)N1.